The van der Waals surface area contributed by atoms with Gasteiger partial charge in [0.05, 0.1) is 0 Å². The molecule has 2 nitrogen and oxygen atoms in total. The van der Waals surface area contributed by atoms with E-state index in [1.54, 1.807) is 0 Å². The van der Waals surface area contributed by atoms with Crippen LogP contribution in [0.5, 0.6) is 0 Å². The molecule has 0 aromatic rings. The van der Waals surface area contributed by atoms with Crippen molar-refractivity contribution in [2.45, 2.75) is 24.8 Å². The molecule has 0 spiro atoms. The van der Waals surface area contributed by atoms with Crippen LogP contribution in [0.25, 0.3) is 0 Å². The molecule has 1 fully saturated rings. The van der Waals surface area contributed by atoms with Gasteiger partial charge >= 0.3 is 0 Å². The topological polar surface area (TPSA) is 52.0 Å². The second-order valence-corrected chi connectivity index (χ2v) is 2.76. The largest absolute Gasteiger partial charge is 0.322 e. The quantitative estimate of drug-likeness (QED) is 0.372. The summed E-state index contributed by atoms with van der Waals surface area (Å²) in [5, 5.41) is 0. The standard InChI is InChI=1S/C5H11BN2/c6-5(7,8)3-4-1-2-4/h4H,1-3,7-8H2. The van der Waals surface area contributed by atoms with Crippen LogP contribution >= 0.6 is 0 Å². The molecule has 4 N–H and O–H groups in total. The number of hydrogen-bond donors (Lipinski definition) is 2. The van der Waals surface area contributed by atoms with Crippen molar-refractivity contribution in [3.05, 3.63) is 0 Å². The Hall–Kier alpha value is -0.0151. The van der Waals surface area contributed by atoms with Crippen molar-refractivity contribution in [2.24, 2.45) is 17.4 Å². The van der Waals surface area contributed by atoms with Gasteiger partial charge in [0.25, 0.3) is 0 Å². The summed E-state index contributed by atoms with van der Waals surface area (Å²) in [6.07, 6.45) is 3.29. The molecular weight excluding hydrogens is 98.9 g/mol. The summed E-state index contributed by atoms with van der Waals surface area (Å²) in [5.41, 5.74) is 9.75. The van der Waals surface area contributed by atoms with Crippen LogP contribution in [0.1, 0.15) is 19.3 Å². The molecule has 0 atom stereocenters. The molecule has 0 bridgehead atoms. The summed E-state index contributed by atoms with van der Waals surface area (Å²) in [5.74, 6) is 0.718. The molecule has 0 heterocycles. The first-order chi connectivity index (χ1) is 3.58. The zero-order valence-corrected chi connectivity index (χ0v) is 4.93. The van der Waals surface area contributed by atoms with Gasteiger partial charge < -0.3 is 11.5 Å². The Morgan fingerprint density at radius 3 is 2.12 bits per heavy atom. The highest BCUT2D eigenvalue weighted by Gasteiger charge is 2.26. The van der Waals surface area contributed by atoms with E-state index in [1.807, 2.05) is 0 Å². The fourth-order valence-electron chi connectivity index (χ4n) is 0.822. The van der Waals surface area contributed by atoms with E-state index in [4.69, 9.17) is 19.3 Å². The lowest BCUT2D eigenvalue weighted by Crippen LogP contribution is -2.50. The van der Waals surface area contributed by atoms with Gasteiger partial charge in [0.1, 0.15) is 7.85 Å². The molecule has 0 amide bonds. The molecule has 1 aliphatic rings. The molecule has 44 valence electrons. The first kappa shape index (κ1) is 6.11. The van der Waals surface area contributed by atoms with E-state index in [-0.39, 0.29) is 0 Å². The van der Waals surface area contributed by atoms with E-state index in [0.717, 1.165) is 12.3 Å². The molecule has 1 rings (SSSR count). The van der Waals surface area contributed by atoms with Crippen molar-refractivity contribution >= 4 is 7.85 Å². The van der Waals surface area contributed by atoms with Crippen molar-refractivity contribution in [2.75, 3.05) is 0 Å². The molecule has 2 radical (unpaired) electrons. The van der Waals surface area contributed by atoms with Gasteiger partial charge in [-0.15, -0.1) is 0 Å². The molecule has 8 heavy (non-hydrogen) atoms. The Labute approximate surface area is 51.0 Å². The minimum absolute atomic E-state index is 0.718. The lowest BCUT2D eigenvalue weighted by atomic mass is 9.84. The minimum atomic E-state index is -0.916. The number of rotatable bonds is 2. The zero-order valence-electron chi connectivity index (χ0n) is 4.93. The smallest absolute Gasteiger partial charge is 0.116 e. The predicted octanol–water partition coefficient (Wildman–Crippen LogP) is -0.474. The van der Waals surface area contributed by atoms with Crippen LogP contribution in [0.15, 0.2) is 0 Å². The lowest BCUT2D eigenvalue weighted by molar-refractivity contribution is 0.529. The van der Waals surface area contributed by atoms with E-state index in [0.29, 0.717) is 0 Å². The Morgan fingerprint density at radius 1 is 1.50 bits per heavy atom. The van der Waals surface area contributed by atoms with Crippen LogP contribution in [-0.2, 0) is 0 Å². The molecule has 0 aromatic heterocycles. The van der Waals surface area contributed by atoms with Gasteiger partial charge in [0.2, 0.25) is 0 Å². The Bertz CT molecular complexity index is 82.9. The van der Waals surface area contributed by atoms with Crippen LogP contribution in [0.4, 0.5) is 0 Å². The summed E-state index contributed by atoms with van der Waals surface area (Å²) < 4.78 is 0. The molecule has 0 aromatic carbocycles. The van der Waals surface area contributed by atoms with Gasteiger partial charge in [-0.05, 0) is 12.3 Å². The fourth-order valence-corrected chi connectivity index (χ4v) is 0.822. The van der Waals surface area contributed by atoms with Crippen LogP contribution in [0.3, 0.4) is 0 Å². The summed E-state index contributed by atoms with van der Waals surface area (Å²) in [6, 6.07) is 0. The van der Waals surface area contributed by atoms with Gasteiger partial charge in [0, 0.05) is 5.56 Å². The van der Waals surface area contributed by atoms with E-state index >= 15 is 0 Å². The minimum Gasteiger partial charge on any atom is -0.322 e. The zero-order chi connectivity index (χ0) is 6.20. The molecule has 1 aliphatic carbocycles. The molecule has 0 saturated heterocycles. The molecular formula is C5H11BN2. The summed E-state index contributed by atoms with van der Waals surface area (Å²) in [4.78, 5) is 0. The van der Waals surface area contributed by atoms with Crippen LogP contribution < -0.4 is 11.5 Å². The lowest BCUT2D eigenvalue weighted by Gasteiger charge is -2.17. The average molecular weight is 110 g/mol. The van der Waals surface area contributed by atoms with Gasteiger partial charge in [-0.2, -0.15) is 0 Å². The van der Waals surface area contributed by atoms with Crippen LogP contribution in [-0.4, -0.2) is 13.4 Å². The average Bonchev–Trinajstić information content (AvgIpc) is 2.12. The Morgan fingerprint density at radius 2 is 2.00 bits per heavy atom. The molecule has 1 saturated carbocycles. The maximum absolute atomic E-state index is 5.33. The predicted molar refractivity (Wildman–Crippen MR) is 34.2 cm³/mol. The normalized spacial score (nSPS) is 21.2. The van der Waals surface area contributed by atoms with Crippen molar-refractivity contribution in [1.29, 1.82) is 0 Å². The van der Waals surface area contributed by atoms with Crippen molar-refractivity contribution in [3.8, 4) is 0 Å². The van der Waals surface area contributed by atoms with Gasteiger partial charge in [-0.1, -0.05) is 12.8 Å². The summed E-state index contributed by atoms with van der Waals surface area (Å²) in [7, 11) is 5.33. The van der Waals surface area contributed by atoms with Gasteiger partial charge in [-0.3, -0.25) is 0 Å². The number of nitrogens with two attached hydrogens (primary N) is 2. The third kappa shape index (κ3) is 2.33. The third-order valence-electron chi connectivity index (χ3n) is 1.34. The third-order valence-corrected chi connectivity index (χ3v) is 1.34. The van der Waals surface area contributed by atoms with E-state index in [1.165, 1.54) is 12.8 Å². The molecule has 0 aliphatic heterocycles. The van der Waals surface area contributed by atoms with Crippen molar-refractivity contribution < 1.29 is 0 Å². The maximum Gasteiger partial charge on any atom is 0.116 e. The van der Waals surface area contributed by atoms with Crippen LogP contribution in [0, 0.1) is 5.92 Å². The van der Waals surface area contributed by atoms with Gasteiger partial charge in [0.15, 0.2) is 0 Å². The van der Waals surface area contributed by atoms with Crippen LogP contribution in [0.2, 0.25) is 0 Å². The Balaban J connectivity index is 2.16. The maximum atomic E-state index is 5.33. The summed E-state index contributed by atoms with van der Waals surface area (Å²) in [6.45, 7) is 0. The highest BCUT2D eigenvalue weighted by Crippen LogP contribution is 2.33. The fraction of sp³-hybridized carbons (Fsp3) is 1.00. The van der Waals surface area contributed by atoms with Crippen molar-refractivity contribution in [1.82, 2.24) is 0 Å². The van der Waals surface area contributed by atoms with E-state index in [2.05, 4.69) is 0 Å². The highest BCUT2D eigenvalue weighted by molar-refractivity contribution is 6.14. The first-order valence-electron chi connectivity index (χ1n) is 2.94. The monoisotopic (exact) mass is 110 g/mol. The second-order valence-electron chi connectivity index (χ2n) is 2.76. The van der Waals surface area contributed by atoms with Gasteiger partial charge in [-0.25, -0.2) is 0 Å². The first-order valence-corrected chi connectivity index (χ1v) is 2.94. The van der Waals surface area contributed by atoms with Crippen molar-refractivity contribution in [3.63, 3.8) is 0 Å². The van der Waals surface area contributed by atoms with E-state index < -0.39 is 5.56 Å². The SMILES string of the molecule is [B]C(N)(N)CC1CC1. The molecule has 3 heteroatoms. The molecule has 0 unspecified atom stereocenters. The Kier molecular flexibility index (Phi) is 1.33. The number of hydrogen-bond acceptors (Lipinski definition) is 2. The summed E-state index contributed by atoms with van der Waals surface area (Å²) >= 11 is 0. The highest BCUT2D eigenvalue weighted by atomic mass is 14.9. The second kappa shape index (κ2) is 1.74. The van der Waals surface area contributed by atoms with E-state index in [9.17, 15) is 0 Å².